The highest BCUT2D eigenvalue weighted by Crippen LogP contribution is 2.29. The second kappa shape index (κ2) is 5.88. The van der Waals surface area contributed by atoms with Gasteiger partial charge in [-0.1, -0.05) is 31.2 Å². The molecule has 0 amide bonds. The van der Waals surface area contributed by atoms with Gasteiger partial charge in [-0.25, -0.2) is 0 Å². The summed E-state index contributed by atoms with van der Waals surface area (Å²) in [7, 11) is 0. The Bertz CT molecular complexity index is 356. The average Bonchev–Trinajstić information content (AvgIpc) is 2.35. The molecule has 0 bridgehead atoms. The maximum atomic E-state index is 6.20. The maximum Gasteiger partial charge on any atom is 0.0486 e. The monoisotopic (exact) mass is 251 g/mol. The Labute approximate surface area is 110 Å². The Balaban J connectivity index is 2.14. The van der Waals surface area contributed by atoms with Crippen LogP contribution in [0, 0.1) is 12.8 Å². The van der Waals surface area contributed by atoms with Gasteiger partial charge in [0.2, 0.25) is 0 Å². The molecular weight excluding hydrogens is 230 g/mol. The van der Waals surface area contributed by atoms with Crippen molar-refractivity contribution in [2.24, 2.45) is 5.92 Å². The number of likely N-dealkylation sites (tertiary alicyclic amines) is 1. The number of halogens is 1. The third-order valence-corrected chi connectivity index (χ3v) is 4.24. The smallest absolute Gasteiger partial charge is 0.0486 e. The van der Waals surface area contributed by atoms with Crippen LogP contribution in [0.1, 0.15) is 36.9 Å². The van der Waals surface area contributed by atoms with Crippen molar-refractivity contribution in [3.8, 4) is 0 Å². The van der Waals surface area contributed by atoms with Crippen molar-refractivity contribution in [3.05, 3.63) is 35.4 Å². The molecule has 94 valence electrons. The van der Waals surface area contributed by atoms with Crippen LogP contribution in [0.4, 0.5) is 0 Å². The summed E-state index contributed by atoms with van der Waals surface area (Å²) in [5.41, 5.74) is 2.76. The van der Waals surface area contributed by atoms with E-state index in [4.69, 9.17) is 11.6 Å². The second-order valence-electron chi connectivity index (χ2n) is 5.25. The SMILES string of the molecule is Cc1ccccc1C(CCl)N1CCC(C)CC1. The lowest BCUT2D eigenvalue weighted by molar-refractivity contribution is 0.148. The number of rotatable bonds is 3. The number of benzene rings is 1. The van der Waals surface area contributed by atoms with E-state index in [0.717, 1.165) is 5.92 Å². The minimum absolute atomic E-state index is 0.394. The summed E-state index contributed by atoms with van der Waals surface area (Å²) in [5.74, 6) is 1.57. The summed E-state index contributed by atoms with van der Waals surface area (Å²) in [6.07, 6.45) is 2.61. The number of hydrogen-bond donors (Lipinski definition) is 0. The molecule has 1 fully saturated rings. The lowest BCUT2D eigenvalue weighted by Gasteiger charge is -2.36. The van der Waals surface area contributed by atoms with E-state index < -0.39 is 0 Å². The van der Waals surface area contributed by atoms with Crippen molar-refractivity contribution >= 4 is 11.6 Å². The number of alkyl halides is 1. The summed E-state index contributed by atoms with van der Waals surface area (Å²) in [6, 6.07) is 9.02. The van der Waals surface area contributed by atoms with Crippen molar-refractivity contribution < 1.29 is 0 Å². The highest BCUT2D eigenvalue weighted by atomic mass is 35.5. The normalized spacial score (nSPS) is 20.4. The van der Waals surface area contributed by atoms with Crippen molar-refractivity contribution in [2.75, 3.05) is 19.0 Å². The van der Waals surface area contributed by atoms with Gasteiger partial charge < -0.3 is 0 Å². The molecule has 1 atom stereocenters. The lowest BCUT2D eigenvalue weighted by Crippen LogP contribution is -2.37. The van der Waals surface area contributed by atoms with Gasteiger partial charge in [0.05, 0.1) is 0 Å². The Morgan fingerprint density at radius 2 is 1.94 bits per heavy atom. The first-order valence-corrected chi connectivity index (χ1v) is 7.11. The highest BCUT2D eigenvalue weighted by molar-refractivity contribution is 6.18. The van der Waals surface area contributed by atoms with Crippen molar-refractivity contribution in [1.82, 2.24) is 4.90 Å². The molecule has 1 nitrogen and oxygen atoms in total. The van der Waals surface area contributed by atoms with Gasteiger partial charge in [-0.2, -0.15) is 0 Å². The van der Waals surface area contributed by atoms with Crippen molar-refractivity contribution in [1.29, 1.82) is 0 Å². The molecule has 0 radical (unpaired) electrons. The molecule has 17 heavy (non-hydrogen) atoms. The molecule has 1 aliphatic rings. The number of piperidine rings is 1. The van der Waals surface area contributed by atoms with Gasteiger partial charge in [0.15, 0.2) is 0 Å². The van der Waals surface area contributed by atoms with Crippen LogP contribution >= 0.6 is 11.6 Å². The minimum atomic E-state index is 0.394. The molecule has 1 heterocycles. The fraction of sp³-hybridized carbons (Fsp3) is 0.600. The molecule has 0 saturated carbocycles. The molecule has 1 unspecified atom stereocenters. The van der Waals surface area contributed by atoms with E-state index in [1.54, 1.807) is 0 Å². The zero-order valence-corrected chi connectivity index (χ0v) is 11.6. The molecule has 0 spiro atoms. The summed E-state index contributed by atoms with van der Waals surface area (Å²) in [6.45, 7) is 6.90. The van der Waals surface area contributed by atoms with E-state index in [2.05, 4.69) is 43.0 Å². The first-order valence-electron chi connectivity index (χ1n) is 6.58. The Kier molecular flexibility index (Phi) is 4.47. The number of hydrogen-bond acceptors (Lipinski definition) is 1. The Morgan fingerprint density at radius 1 is 1.29 bits per heavy atom. The molecule has 0 aliphatic carbocycles. The van der Waals surface area contributed by atoms with Crippen LogP contribution in [0.2, 0.25) is 0 Å². The first kappa shape index (κ1) is 12.9. The predicted molar refractivity (Wildman–Crippen MR) is 74.6 cm³/mol. The fourth-order valence-electron chi connectivity index (χ4n) is 2.68. The van der Waals surface area contributed by atoms with Crippen LogP contribution in [0.15, 0.2) is 24.3 Å². The van der Waals surface area contributed by atoms with E-state index in [0.29, 0.717) is 11.9 Å². The standard InChI is InChI=1S/C15H22ClN/c1-12-7-9-17(10-8-12)15(11-16)14-6-4-3-5-13(14)2/h3-6,12,15H,7-11H2,1-2H3. The number of nitrogens with zero attached hydrogens (tertiary/aromatic N) is 1. The van der Waals surface area contributed by atoms with Gasteiger partial charge in [-0.05, 0) is 49.9 Å². The van der Waals surface area contributed by atoms with E-state index in [9.17, 15) is 0 Å². The quantitative estimate of drug-likeness (QED) is 0.734. The van der Waals surface area contributed by atoms with Gasteiger partial charge >= 0.3 is 0 Å². The van der Waals surface area contributed by atoms with Gasteiger partial charge in [0.1, 0.15) is 0 Å². The van der Waals surface area contributed by atoms with Crippen LogP contribution in [0.25, 0.3) is 0 Å². The average molecular weight is 252 g/mol. The zero-order valence-electron chi connectivity index (χ0n) is 10.8. The van der Waals surface area contributed by atoms with E-state index >= 15 is 0 Å². The molecular formula is C15H22ClN. The Morgan fingerprint density at radius 3 is 2.53 bits per heavy atom. The topological polar surface area (TPSA) is 3.24 Å². The second-order valence-corrected chi connectivity index (χ2v) is 5.55. The molecule has 2 heteroatoms. The molecule has 1 aliphatic heterocycles. The van der Waals surface area contributed by atoms with Crippen LogP contribution in [0.5, 0.6) is 0 Å². The molecule has 0 N–H and O–H groups in total. The zero-order chi connectivity index (χ0) is 12.3. The van der Waals surface area contributed by atoms with Gasteiger partial charge in [-0.3, -0.25) is 4.90 Å². The fourth-order valence-corrected chi connectivity index (χ4v) is 3.04. The van der Waals surface area contributed by atoms with Gasteiger partial charge in [-0.15, -0.1) is 11.6 Å². The third kappa shape index (κ3) is 3.02. The predicted octanol–water partition coefficient (Wildman–Crippen LogP) is 4.01. The van der Waals surface area contributed by atoms with Gasteiger partial charge in [0, 0.05) is 11.9 Å². The maximum absolute atomic E-state index is 6.20. The van der Waals surface area contributed by atoms with E-state index in [-0.39, 0.29) is 0 Å². The molecule has 1 aromatic rings. The largest absolute Gasteiger partial charge is 0.295 e. The first-order chi connectivity index (χ1) is 8.22. The van der Waals surface area contributed by atoms with E-state index in [1.165, 1.54) is 37.1 Å². The third-order valence-electron chi connectivity index (χ3n) is 3.95. The highest BCUT2D eigenvalue weighted by Gasteiger charge is 2.24. The lowest BCUT2D eigenvalue weighted by atomic mass is 9.95. The molecule has 0 aromatic heterocycles. The van der Waals surface area contributed by atoms with Crippen LogP contribution in [-0.2, 0) is 0 Å². The summed E-state index contributed by atoms with van der Waals surface area (Å²) >= 11 is 6.20. The van der Waals surface area contributed by atoms with E-state index in [1.807, 2.05) is 0 Å². The summed E-state index contributed by atoms with van der Waals surface area (Å²) in [5, 5.41) is 0. The van der Waals surface area contributed by atoms with Crippen LogP contribution in [0.3, 0.4) is 0 Å². The number of aryl methyl sites for hydroxylation is 1. The Hall–Kier alpha value is -0.530. The van der Waals surface area contributed by atoms with Crippen molar-refractivity contribution in [2.45, 2.75) is 32.7 Å². The van der Waals surface area contributed by atoms with Crippen molar-refractivity contribution in [3.63, 3.8) is 0 Å². The minimum Gasteiger partial charge on any atom is -0.295 e. The summed E-state index contributed by atoms with van der Waals surface area (Å²) in [4.78, 5) is 2.55. The summed E-state index contributed by atoms with van der Waals surface area (Å²) < 4.78 is 0. The molecule has 1 aromatic carbocycles. The molecule has 1 saturated heterocycles. The van der Waals surface area contributed by atoms with Crippen LogP contribution in [-0.4, -0.2) is 23.9 Å². The van der Waals surface area contributed by atoms with Crippen LogP contribution < -0.4 is 0 Å². The molecule has 2 rings (SSSR count). The van der Waals surface area contributed by atoms with Gasteiger partial charge in [0.25, 0.3) is 0 Å².